The highest BCUT2D eigenvalue weighted by atomic mass is 35.5. The van der Waals surface area contributed by atoms with Gasteiger partial charge in [-0.2, -0.15) is 0 Å². The summed E-state index contributed by atoms with van der Waals surface area (Å²) >= 11 is 5.88. The van der Waals surface area contributed by atoms with E-state index in [0.717, 1.165) is 11.2 Å². The molecule has 160 valence electrons. The molecule has 6 nitrogen and oxygen atoms in total. The number of piperazine rings is 1. The summed E-state index contributed by atoms with van der Waals surface area (Å²) in [5.74, 6) is -0.592. The molecule has 0 saturated carbocycles. The van der Waals surface area contributed by atoms with Crippen molar-refractivity contribution in [3.8, 4) is 11.3 Å². The molecule has 1 fully saturated rings. The maximum atomic E-state index is 14.3. The molecular weight excluding hydrogens is 429 g/mol. The molecule has 0 unspecified atom stereocenters. The van der Waals surface area contributed by atoms with Crippen LogP contribution < -0.4 is 4.90 Å². The van der Waals surface area contributed by atoms with Crippen LogP contribution in [0.25, 0.3) is 22.3 Å². The molecule has 1 aliphatic heterocycles. The third kappa shape index (κ3) is 3.87. The fourth-order valence-corrected chi connectivity index (χ4v) is 4.00. The Labute approximate surface area is 189 Å². The number of hydrogen-bond acceptors (Lipinski definition) is 5. The number of rotatable bonds is 3. The number of halogens is 2. The first-order chi connectivity index (χ1) is 15.6. The second-order valence-electron chi connectivity index (χ2n) is 7.53. The van der Waals surface area contributed by atoms with Crippen molar-refractivity contribution >= 4 is 34.2 Å². The Kier molecular flexibility index (Phi) is 5.41. The van der Waals surface area contributed by atoms with Gasteiger partial charge in [0, 0.05) is 31.7 Å². The SMILES string of the molecule is O=C(c1cnc2ccccc2n1)N1CCN(c2ccc(-c3cccc(Cl)c3F)nc2)CC1. The summed E-state index contributed by atoms with van der Waals surface area (Å²) in [5, 5.41) is 0.0743. The van der Waals surface area contributed by atoms with E-state index < -0.39 is 5.82 Å². The van der Waals surface area contributed by atoms with E-state index in [2.05, 4.69) is 19.9 Å². The van der Waals surface area contributed by atoms with Gasteiger partial charge in [0.1, 0.15) is 5.69 Å². The molecule has 2 aromatic heterocycles. The van der Waals surface area contributed by atoms with Gasteiger partial charge < -0.3 is 9.80 Å². The van der Waals surface area contributed by atoms with Crippen molar-refractivity contribution < 1.29 is 9.18 Å². The van der Waals surface area contributed by atoms with E-state index in [1.807, 2.05) is 30.3 Å². The monoisotopic (exact) mass is 447 g/mol. The molecule has 0 aliphatic carbocycles. The molecule has 1 aliphatic rings. The topological polar surface area (TPSA) is 62.2 Å². The fourth-order valence-electron chi connectivity index (χ4n) is 3.82. The first-order valence-corrected chi connectivity index (χ1v) is 10.6. The molecule has 32 heavy (non-hydrogen) atoms. The minimum absolute atomic E-state index is 0.0743. The lowest BCUT2D eigenvalue weighted by molar-refractivity contribution is 0.0741. The average Bonchev–Trinajstić information content (AvgIpc) is 2.85. The van der Waals surface area contributed by atoms with Gasteiger partial charge in [0.15, 0.2) is 5.82 Å². The van der Waals surface area contributed by atoms with Crippen molar-refractivity contribution in [3.63, 3.8) is 0 Å². The molecule has 8 heteroatoms. The molecule has 0 spiro atoms. The summed E-state index contributed by atoms with van der Waals surface area (Å²) in [6, 6.07) is 16.1. The van der Waals surface area contributed by atoms with Crippen LogP contribution in [0.5, 0.6) is 0 Å². The number of para-hydroxylation sites is 2. The summed E-state index contributed by atoms with van der Waals surface area (Å²) in [4.78, 5) is 30.1. The van der Waals surface area contributed by atoms with Gasteiger partial charge in [0.25, 0.3) is 5.91 Å². The maximum Gasteiger partial charge on any atom is 0.274 e. The first-order valence-electron chi connectivity index (χ1n) is 10.3. The number of aromatic nitrogens is 3. The molecule has 2 aromatic carbocycles. The predicted molar refractivity (Wildman–Crippen MR) is 122 cm³/mol. The molecule has 4 aromatic rings. The molecular formula is C24H19ClFN5O. The van der Waals surface area contributed by atoms with Crippen LogP contribution in [0.15, 0.2) is 67.0 Å². The second kappa shape index (κ2) is 8.51. The zero-order valence-electron chi connectivity index (χ0n) is 17.1. The van der Waals surface area contributed by atoms with E-state index in [1.165, 1.54) is 12.3 Å². The Morgan fingerprint density at radius 1 is 0.875 bits per heavy atom. The highest BCUT2D eigenvalue weighted by Gasteiger charge is 2.24. The Morgan fingerprint density at radius 2 is 1.66 bits per heavy atom. The van der Waals surface area contributed by atoms with E-state index >= 15 is 0 Å². The van der Waals surface area contributed by atoms with Crippen LogP contribution in [0, 0.1) is 5.82 Å². The molecule has 1 saturated heterocycles. The van der Waals surface area contributed by atoms with Crippen molar-refractivity contribution in [1.82, 2.24) is 19.9 Å². The smallest absolute Gasteiger partial charge is 0.274 e. The number of carbonyl (C=O) groups excluding carboxylic acids is 1. The van der Waals surface area contributed by atoms with E-state index in [0.29, 0.717) is 48.6 Å². The largest absolute Gasteiger partial charge is 0.367 e. The van der Waals surface area contributed by atoms with Gasteiger partial charge in [-0.1, -0.05) is 29.8 Å². The zero-order chi connectivity index (χ0) is 22.1. The number of pyridine rings is 1. The van der Waals surface area contributed by atoms with Crippen LogP contribution in [-0.4, -0.2) is 51.9 Å². The number of hydrogen-bond donors (Lipinski definition) is 0. The number of carbonyl (C=O) groups is 1. The summed E-state index contributed by atoms with van der Waals surface area (Å²) in [6.45, 7) is 2.47. The van der Waals surface area contributed by atoms with Crippen LogP contribution in [0.4, 0.5) is 10.1 Å². The highest BCUT2D eigenvalue weighted by molar-refractivity contribution is 6.31. The Bertz CT molecular complexity index is 1290. The standard InChI is InChI=1S/C24H19ClFN5O/c25-18-5-3-4-17(23(18)26)19-9-8-16(14-27-19)30-10-12-31(13-11-30)24(32)22-15-28-20-6-1-2-7-21(20)29-22/h1-9,14-15H,10-13H2. The predicted octanol–water partition coefficient (Wildman–Crippen LogP) is 4.45. The van der Waals surface area contributed by atoms with Crippen LogP contribution in [0.3, 0.4) is 0 Å². The molecule has 0 bridgehead atoms. The average molecular weight is 448 g/mol. The van der Waals surface area contributed by atoms with E-state index in [-0.39, 0.29) is 10.9 Å². The Hall–Kier alpha value is -3.58. The molecule has 1 amide bonds. The number of amides is 1. The number of anilines is 1. The minimum Gasteiger partial charge on any atom is -0.367 e. The molecule has 0 atom stereocenters. The lowest BCUT2D eigenvalue weighted by Crippen LogP contribution is -2.49. The van der Waals surface area contributed by atoms with Gasteiger partial charge in [0.05, 0.1) is 39.8 Å². The number of benzene rings is 2. The van der Waals surface area contributed by atoms with Crippen molar-refractivity contribution in [3.05, 3.63) is 83.5 Å². The van der Waals surface area contributed by atoms with Crippen LogP contribution in [0.2, 0.25) is 5.02 Å². The van der Waals surface area contributed by atoms with Crippen molar-refractivity contribution in [2.45, 2.75) is 0 Å². The second-order valence-corrected chi connectivity index (χ2v) is 7.93. The molecule has 0 N–H and O–H groups in total. The molecule has 5 rings (SSSR count). The van der Waals surface area contributed by atoms with Gasteiger partial charge in [-0.3, -0.25) is 14.8 Å². The lowest BCUT2D eigenvalue weighted by atomic mass is 10.1. The first kappa shape index (κ1) is 20.3. The van der Waals surface area contributed by atoms with Crippen LogP contribution in [-0.2, 0) is 0 Å². The third-order valence-corrected chi connectivity index (χ3v) is 5.87. The lowest BCUT2D eigenvalue weighted by Gasteiger charge is -2.35. The normalized spacial score (nSPS) is 14.1. The fraction of sp³-hybridized carbons (Fsp3) is 0.167. The van der Waals surface area contributed by atoms with Gasteiger partial charge in [-0.05, 0) is 36.4 Å². The summed E-state index contributed by atoms with van der Waals surface area (Å²) in [7, 11) is 0. The van der Waals surface area contributed by atoms with Crippen molar-refractivity contribution in [2.24, 2.45) is 0 Å². The van der Waals surface area contributed by atoms with E-state index in [4.69, 9.17) is 11.6 Å². The van der Waals surface area contributed by atoms with Gasteiger partial charge in [-0.15, -0.1) is 0 Å². The van der Waals surface area contributed by atoms with Crippen LogP contribution in [0.1, 0.15) is 10.5 Å². The minimum atomic E-state index is -0.474. The number of fused-ring (bicyclic) bond motifs is 1. The van der Waals surface area contributed by atoms with Crippen molar-refractivity contribution in [1.29, 1.82) is 0 Å². The number of nitrogens with zero attached hydrogens (tertiary/aromatic N) is 5. The molecule has 3 heterocycles. The summed E-state index contributed by atoms with van der Waals surface area (Å²) < 4.78 is 14.3. The van der Waals surface area contributed by atoms with Crippen molar-refractivity contribution in [2.75, 3.05) is 31.1 Å². The highest BCUT2D eigenvalue weighted by Crippen LogP contribution is 2.27. The summed E-state index contributed by atoms with van der Waals surface area (Å²) in [6.07, 6.45) is 3.26. The Morgan fingerprint density at radius 3 is 2.41 bits per heavy atom. The molecule has 0 radical (unpaired) electrons. The quantitative estimate of drug-likeness (QED) is 0.464. The van der Waals surface area contributed by atoms with Crippen LogP contribution >= 0.6 is 11.6 Å². The Balaban J connectivity index is 1.26. The summed E-state index contributed by atoms with van der Waals surface area (Å²) in [5.41, 5.74) is 3.65. The maximum absolute atomic E-state index is 14.3. The zero-order valence-corrected chi connectivity index (χ0v) is 17.8. The van der Waals surface area contributed by atoms with Gasteiger partial charge in [-0.25, -0.2) is 9.37 Å². The third-order valence-electron chi connectivity index (χ3n) is 5.58. The van der Waals surface area contributed by atoms with E-state index in [9.17, 15) is 9.18 Å². The van der Waals surface area contributed by atoms with Gasteiger partial charge >= 0.3 is 0 Å². The van der Waals surface area contributed by atoms with Gasteiger partial charge in [0.2, 0.25) is 0 Å². The van der Waals surface area contributed by atoms with E-state index in [1.54, 1.807) is 29.3 Å².